The summed E-state index contributed by atoms with van der Waals surface area (Å²) < 4.78 is 6.78. The number of aliphatic hydroxyl groups excluding tert-OH is 2. The number of aromatic nitrogens is 2. The van der Waals surface area contributed by atoms with E-state index in [0.29, 0.717) is 30.5 Å². The van der Waals surface area contributed by atoms with Crippen molar-refractivity contribution in [2.45, 2.75) is 37.7 Å². The average Bonchev–Trinajstić information content (AvgIpc) is 3.38. The number of aliphatic hydroxyl groups is 2. The second-order valence-electron chi connectivity index (χ2n) is 9.85. The molecule has 3 aromatic carbocycles. The molecule has 1 fully saturated rings. The van der Waals surface area contributed by atoms with Crippen LogP contribution in [0.1, 0.15) is 35.0 Å². The third-order valence-corrected chi connectivity index (χ3v) is 9.50. The van der Waals surface area contributed by atoms with Crippen molar-refractivity contribution in [3.8, 4) is 0 Å². The number of hydrogen-bond donors (Lipinski definition) is 4. The van der Waals surface area contributed by atoms with E-state index in [1.807, 2.05) is 60.7 Å². The molecule has 0 saturated carbocycles. The summed E-state index contributed by atoms with van der Waals surface area (Å²) in [6, 6.07) is 28.4. The Morgan fingerprint density at radius 2 is 1.56 bits per heavy atom. The zero-order valence-electron chi connectivity index (χ0n) is 22.3. The van der Waals surface area contributed by atoms with Crippen LogP contribution in [0.4, 0.5) is 0 Å². The molecule has 1 aliphatic rings. The summed E-state index contributed by atoms with van der Waals surface area (Å²) in [6.45, 7) is -0.0300. The molecule has 0 radical (unpaired) electrons. The molecule has 1 amide bonds. The summed E-state index contributed by atoms with van der Waals surface area (Å²) in [5.74, 6) is -0.206. The second kappa shape index (κ2) is 13.2. The first-order chi connectivity index (χ1) is 19.9. The summed E-state index contributed by atoms with van der Waals surface area (Å²) in [7, 11) is -0.759. The largest absolute Gasteiger partial charge is 0.394 e. The topological polar surface area (TPSA) is 134 Å². The molecule has 212 valence electrons. The van der Waals surface area contributed by atoms with Gasteiger partial charge in [0.2, 0.25) is 0 Å². The number of nitrogens with zero attached hydrogens (tertiary/aromatic N) is 1. The van der Waals surface area contributed by atoms with Crippen molar-refractivity contribution < 1.29 is 19.7 Å². The van der Waals surface area contributed by atoms with E-state index in [0.717, 1.165) is 5.30 Å². The van der Waals surface area contributed by atoms with Gasteiger partial charge in [-0.05, 0) is 48.8 Å². The third kappa shape index (κ3) is 6.72. The fourth-order valence-corrected chi connectivity index (χ4v) is 7.20. The molecule has 1 aromatic heterocycles. The lowest BCUT2D eigenvalue weighted by atomic mass is 10.1. The Kier molecular flexibility index (Phi) is 9.21. The lowest BCUT2D eigenvalue weighted by Gasteiger charge is -2.19. The van der Waals surface area contributed by atoms with E-state index in [1.54, 1.807) is 0 Å². The fraction of sp³-hybridized carbons (Fsp3) is 0.258. The van der Waals surface area contributed by atoms with Crippen molar-refractivity contribution in [2.75, 3.05) is 13.2 Å². The van der Waals surface area contributed by atoms with E-state index in [1.165, 1.54) is 21.4 Å². The number of hydrogen-bond acceptors (Lipinski definition) is 6. The van der Waals surface area contributed by atoms with Gasteiger partial charge >= 0.3 is 5.69 Å². The van der Waals surface area contributed by atoms with E-state index in [-0.39, 0.29) is 18.9 Å². The zero-order valence-corrected chi connectivity index (χ0v) is 23.2. The quantitative estimate of drug-likeness (QED) is 0.167. The molecule has 1 saturated heterocycles. The van der Waals surface area contributed by atoms with Gasteiger partial charge < -0.3 is 20.3 Å². The summed E-state index contributed by atoms with van der Waals surface area (Å²) in [5.41, 5.74) is -0.233. The molecule has 9 nitrogen and oxygen atoms in total. The number of benzene rings is 3. The Hall–Kier alpha value is -3.88. The Balaban J connectivity index is 1.20. The Bertz CT molecular complexity index is 1530. The summed E-state index contributed by atoms with van der Waals surface area (Å²) in [5, 5.41) is 25.8. The summed E-state index contributed by atoms with van der Waals surface area (Å²) >= 11 is 0. The number of H-pyrrole nitrogens is 1. The van der Waals surface area contributed by atoms with Crippen LogP contribution in [0.3, 0.4) is 0 Å². The highest BCUT2D eigenvalue weighted by Crippen LogP contribution is 2.32. The van der Waals surface area contributed by atoms with Gasteiger partial charge in [0.05, 0.1) is 12.7 Å². The molecule has 10 heteroatoms. The normalized spacial score (nSPS) is 18.5. The maximum absolute atomic E-state index is 12.8. The lowest BCUT2D eigenvalue weighted by molar-refractivity contribution is -0.0460. The molecule has 3 atom stereocenters. The van der Waals surface area contributed by atoms with Gasteiger partial charge in [-0.25, -0.2) is 4.79 Å². The molecule has 1 aliphatic heterocycles. The first kappa shape index (κ1) is 28.6. The number of aryl methyl sites for hydroxylation is 1. The van der Waals surface area contributed by atoms with E-state index < -0.39 is 37.6 Å². The van der Waals surface area contributed by atoms with Gasteiger partial charge in [0.1, 0.15) is 12.3 Å². The number of amides is 1. The van der Waals surface area contributed by atoms with Crippen molar-refractivity contribution >= 4 is 29.7 Å². The number of rotatable bonds is 10. The van der Waals surface area contributed by atoms with Crippen molar-refractivity contribution in [2.24, 2.45) is 0 Å². The molecule has 0 unspecified atom stereocenters. The summed E-state index contributed by atoms with van der Waals surface area (Å²) in [4.78, 5) is 39.8. The van der Waals surface area contributed by atoms with Crippen LogP contribution in [0, 0.1) is 0 Å². The standard InChI is InChI=1S/C31H32N3O6P/c35-20-27-26(36)18-28(40-27)34-19-22(30(38)33-31(34)39)8-7-17-32-29(37)21-13-15-25(16-14-21)41(23-9-3-1-4-10-23)24-11-5-2-6-12-24/h1-6,9-16,19,26-28,35-36H,7-8,17-18,20H2,(H,32,37)(H,33,38,39)/t26-,27+,28+/m0/s1. The van der Waals surface area contributed by atoms with Crippen LogP contribution in [0.2, 0.25) is 0 Å². The van der Waals surface area contributed by atoms with Gasteiger partial charge in [-0.15, -0.1) is 0 Å². The van der Waals surface area contributed by atoms with Crippen molar-refractivity contribution in [3.63, 3.8) is 0 Å². The summed E-state index contributed by atoms with van der Waals surface area (Å²) in [6.07, 6.45) is -0.105. The third-order valence-electron chi connectivity index (χ3n) is 7.06. The minimum absolute atomic E-state index is 0.129. The van der Waals surface area contributed by atoms with Crippen LogP contribution >= 0.6 is 7.92 Å². The van der Waals surface area contributed by atoms with Gasteiger partial charge in [0.25, 0.3) is 11.5 Å². The van der Waals surface area contributed by atoms with Gasteiger partial charge in [-0.1, -0.05) is 72.8 Å². The van der Waals surface area contributed by atoms with Crippen LogP contribution in [0.25, 0.3) is 0 Å². The van der Waals surface area contributed by atoms with Crippen LogP contribution < -0.4 is 32.5 Å². The van der Waals surface area contributed by atoms with Crippen molar-refractivity contribution in [1.82, 2.24) is 14.9 Å². The number of ether oxygens (including phenoxy) is 1. The van der Waals surface area contributed by atoms with E-state index in [4.69, 9.17) is 4.74 Å². The van der Waals surface area contributed by atoms with Gasteiger partial charge in [0.15, 0.2) is 0 Å². The zero-order chi connectivity index (χ0) is 28.8. The van der Waals surface area contributed by atoms with Crippen LogP contribution in [-0.4, -0.2) is 51.0 Å². The van der Waals surface area contributed by atoms with Crippen molar-refractivity contribution in [1.29, 1.82) is 0 Å². The Morgan fingerprint density at radius 1 is 0.951 bits per heavy atom. The van der Waals surface area contributed by atoms with Crippen LogP contribution in [0.15, 0.2) is 101 Å². The van der Waals surface area contributed by atoms with E-state index in [9.17, 15) is 24.6 Å². The molecular weight excluding hydrogens is 541 g/mol. The SMILES string of the molecule is O=C(NCCCc1cn([C@H]2C[C@H](O)[C@@H](CO)O2)c(=O)[nH]c1=O)c1ccc(P(c2ccccc2)c2ccccc2)cc1. The lowest BCUT2D eigenvalue weighted by Crippen LogP contribution is -2.34. The molecular formula is C31H32N3O6P. The Labute approximate surface area is 238 Å². The van der Waals surface area contributed by atoms with Crippen LogP contribution in [-0.2, 0) is 11.2 Å². The maximum Gasteiger partial charge on any atom is 0.330 e. The van der Waals surface area contributed by atoms with Gasteiger partial charge in [-0.3, -0.25) is 19.1 Å². The highest BCUT2D eigenvalue weighted by atomic mass is 31.1. The number of aromatic amines is 1. The number of carbonyl (C=O) groups is 1. The molecule has 2 heterocycles. The first-order valence-electron chi connectivity index (χ1n) is 13.5. The predicted molar refractivity (Wildman–Crippen MR) is 159 cm³/mol. The first-order valence-corrected chi connectivity index (χ1v) is 14.9. The monoisotopic (exact) mass is 573 g/mol. The minimum Gasteiger partial charge on any atom is -0.394 e. The minimum atomic E-state index is -0.903. The smallest absolute Gasteiger partial charge is 0.330 e. The average molecular weight is 574 g/mol. The molecule has 41 heavy (non-hydrogen) atoms. The highest BCUT2D eigenvalue weighted by molar-refractivity contribution is 7.79. The molecule has 4 aromatic rings. The number of nitrogens with one attached hydrogen (secondary N) is 2. The molecule has 5 rings (SSSR count). The van der Waals surface area contributed by atoms with Crippen LogP contribution in [0.5, 0.6) is 0 Å². The van der Waals surface area contributed by atoms with Gasteiger partial charge in [0, 0.05) is 30.3 Å². The molecule has 4 N–H and O–H groups in total. The molecule has 0 aliphatic carbocycles. The number of carbonyl (C=O) groups excluding carboxylic acids is 1. The molecule has 0 bridgehead atoms. The predicted octanol–water partition coefficient (Wildman–Crippen LogP) is 1.30. The Morgan fingerprint density at radius 3 is 2.15 bits per heavy atom. The highest BCUT2D eigenvalue weighted by Gasteiger charge is 2.35. The second-order valence-corrected chi connectivity index (χ2v) is 12.1. The molecule has 0 spiro atoms. The van der Waals surface area contributed by atoms with E-state index in [2.05, 4.69) is 34.6 Å². The maximum atomic E-state index is 12.8. The fourth-order valence-electron chi connectivity index (χ4n) is 4.92. The van der Waals surface area contributed by atoms with Gasteiger partial charge in [-0.2, -0.15) is 0 Å². The van der Waals surface area contributed by atoms with E-state index >= 15 is 0 Å². The van der Waals surface area contributed by atoms with Crippen molar-refractivity contribution in [3.05, 3.63) is 123 Å².